The second-order valence-corrected chi connectivity index (χ2v) is 12.9. The molecule has 2 atom stereocenters. The second kappa shape index (κ2) is 8.84. The van der Waals surface area contributed by atoms with Gasteiger partial charge in [-0.05, 0) is 66.7 Å². The van der Waals surface area contributed by atoms with Crippen molar-refractivity contribution in [3.05, 3.63) is 60.2 Å². The molecule has 2 aromatic rings. The summed E-state index contributed by atoms with van der Waals surface area (Å²) in [6, 6.07) is 17.5. The Morgan fingerprint density at radius 3 is 1.52 bits per heavy atom. The van der Waals surface area contributed by atoms with E-state index < -0.39 is 15.6 Å². The fourth-order valence-corrected chi connectivity index (χ4v) is 4.66. The number of aryl methyl sites for hydroxylation is 1. The van der Waals surface area contributed by atoms with Gasteiger partial charge in [0.25, 0.3) is 0 Å². The Hall–Kier alpha value is -1.36. The van der Waals surface area contributed by atoms with Crippen molar-refractivity contribution in [2.75, 3.05) is 0 Å². The Morgan fingerprint density at radius 1 is 0.640 bits per heavy atom. The van der Waals surface area contributed by atoms with E-state index in [-0.39, 0.29) is 10.3 Å². The predicted octanol–water partition coefficient (Wildman–Crippen LogP) is 6.18. The van der Waals surface area contributed by atoms with Gasteiger partial charge >= 0.3 is 15.6 Å². The van der Waals surface area contributed by atoms with E-state index in [1.807, 2.05) is 103 Å². The fraction of sp³-hybridized carbons (Fsp3) is 0.429. The van der Waals surface area contributed by atoms with Gasteiger partial charge in [0.15, 0.2) is 20.9 Å². The molecule has 0 saturated heterocycles. The van der Waals surface area contributed by atoms with Gasteiger partial charge in [-0.3, -0.25) is 0 Å². The highest BCUT2D eigenvalue weighted by molar-refractivity contribution is 7.55. The minimum atomic E-state index is -1.29. The van der Waals surface area contributed by atoms with E-state index in [0.717, 1.165) is 16.2 Å². The molecule has 0 spiro atoms. The molecule has 134 valence electrons. The number of hydrogen-bond donors (Lipinski definition) is 0. The minimum Gasteiger partial charge on any atom is -0.0675 e. The van der Waals surface area contributed by atoms with Gasteiger partial charge in [-0.25, -0.2) is 0 Å². The van der Waals surface area contributed by atoms with Gasteiger partial charge in [0.1, 0.15) is 0 Å². The molecular formula is C21H30O2P2+2. The molecule has 2 aromatic carbocycles. The average molecular weight is 376 g/mol. The van der Waals surface area contributed by atoms with Crippen LogP contribution in [0.25, 0.3) is 0 Å². The first kappa shape index (κ1) is 21.7. The normalized spacial score (nSPS) is 12.8. The first-order chi connectivity index (χ1) is 11.4. The summed E-state index contributed by atoms with van der Waals surface area (Å²) in [7, 11) is -2.55. The zero-order chi connectivity index (χ0) is 19.3. The van der Waals surface area contributed by atoms with Crippen molar-refractivity contribution in [3.63, 3.8) is 0 Å². The lowest BCUT2D eigenvalue weighted by Crippen LogP contribution is -2.16. The Morgan fingerprint density at radius 2 is 1.08 bits per heavy atom. The van der Waals surface area contributed by atoms with Gasteiger partial charge in [0, 0.05) is 5.56 Å². The zero-order valence-corrected chi connectivity index (χ0v) is 18.2. The van der Waals surface area contributed by atoms with Gasteiger partial charge in [0.05, 0.1) is 0 Å². The molecular weight excluding hydrogens is 346 g/mol. The van der Waals surface area contributed by atoms with E-state index in [0.29, 0.717) is 0 Å². The van der Waals surface area contributed by atoms with Gasteiger partial charge < -0.3 is 0 Å². The maximum Gasteiger partial charge on any atom is 0.382 e. The molecule has 4 heteroatoms. The lowest BCUT2D eigenvalue weighted by Gasteiger charge is -2.05. The minimum absolute atomic E-state index is 0.128. The lowest BCUT2D eigenvalue weighted by atomic mass is 10.2. The zero-order valence-electron chi connectivity index (χ0n) is 16.4. The van der Waals surface area contributed by atoms with Crippen molar-refractivity contribution in [2.24, 2.45) is 0 Å². The molecule has 0 N–H and O–H groups in total. The van der Waals surface area contributed by atoms with Crippen molar-refractivity contribution in [2.45, 2.75) is 58.8 Å². The van der Waals surface area contributed by atoms with Crippen LogP contribution in [0.4, 0.5) is 0 Å². The molecule has 0 fully saturated rings. The summed E-state index contributed by atoms with van der Waals surface area (Å²) in [6.45, 7) is 14.0. The highest BCUT2D eigenvalue weighted by Crippen LogP contribution is 2.38. The van der Waals surface area contributed by atoms with Gasteiger partial charge in [0.2, 0.25) is 0 Å². The molecule has 0 amide bonds. The van der Waals surface area contributed by atoms with Crippen molar-refractivity contribution in [1.29, 1.82) is 0 Å². The third-order valence-electron chi connectivity index (χ3n) is 3.54. The summed E-state index contributed by atoms with van der Waals surface area (Å²) in [5.41, 5.74) is 1.12. The molecule has 2 nitrogen and oxygen atoms in total. The van der Waals surface area contributed by atoms with Crippen molar-refractivity contribution in [1.82, 2.24) is 0 Å². The molecule has 0 aliphatic heterocycles. The van der Waals surface area contributed by atoms with Crippen LogP contribution in [0, 0.1) is 6.92 Å². The SMILES string of the molecule is CC(C)(C)[P+](=O)c1ccccc1.Cc1ccccc1[P+](=O)C(C)(C)C. The highest BCUT2D eigenvalue weighted by atomic mass is 31.1. The predicted molar refractivity (Wildman–Crippen MR) is 112 cm³/mol. The lowest BCUT2D eigenvalue weighted by molar-refractivity contribution is 0.571. The summed E-state index contributed by atoms with van der Waals surface area (Å²) < 4.78 is 23.8. The van der Waals surface area contributed by atoms with Gasteiger partial charge in [-0.1, -0.05) is 45.5 Å². The first-order valence-corrected chi connectivity index (χ1v) is 11.0. The first-order valence-electron chi connectivity index (χ1n) is 8.50. The van der Waals surface area contributed by atoms with Crippen LogP contribution in [0.15, 0.2) is 54.6 Å². The number of hydrogen-bond acceptors (Lipinski definition) is 2. The molecule has 0 aromatic heterocycles. The van der Waals surface area contributed by atoms with Crippen LogP contribution in [0.3, 0.4) is 0 Å². The van der Waals surface area contributed by atoms with Crippen molar-refractivity contribution >= 4 is 26.2 Å². The van der Waals surface area contributed by atoms with E-state index >= 15 is 0 Å². The van der Waals surface area contributed by atoms with E-state index in [1.165, 1.54) is 0 Å². The van der Waals surface area contributed by atoms with E-state index in [4.69, 9.17) is 0 Å². The van der Waals surface area contributed by atoms with Crippen LogP contribution < -0.4 is 10.6 Å². The standard InChI is InChI=1S/C11H16OP.C10H14OP/c1-9-7-5-6-8-10(9)13(12)11(2,3)4;1-10(2,3)12(11)9-7-5-4-6-8-9/h5-8H,1-4H3;4-8H,1-3H3/q2*+1. The Bertz CT molecular complexity index is 724. The van der Waals surface area contributed by atoms with Crippen LogP contribution in [-0.2, 0) is 9.13 Å². The Kier molecular flexibility index (Phi) is 7.66. The summed E-state index contributed by atoms with van der Waals surface area (Å²) in [5, 5.41) is 1.67. The van der Waals surface area contributed by atoms with Crippen LogP contribution in [0.2, 0.25) is 0 Å². The van der Waals surface area contributed by atoms with Crippen LogP contribution in [0.5, 0.6) is 0 Å². The number of rotatable bonds is 2. The van der Waals surface area contributed by atoms with E-state index in [9.17, 15) is 9.13 Å². The molecule has 0 aliphatic rings. The molecule has 0 aliphatic carbocycles. The largest absolute Gasteiger partial charge is 0.382 e. The quantitative estimate of drug-likeness (QED) is 0.586. The van der Waals surface area contributed by atoms with Gasteiger partial charge in [-0.15, -0.1) is 0 Å². The fourth-order valence-electron chi connectivity index (χ4n) is 2.10. The maximum absolute atomic E-state index is 12.0. The maximum atomic E-state index is 12.0. The van der Waals surface area contributed by atoms with Crippen molar-refractivity contribution < 1.29 is 9.13 Å². The molecule has 0 bridgehead atoms. The molecule has 0 radical (unpaired) electrons. The molecule has 2 rings (SSSR count). The Balaban J connectivity index is 0.000000251. The van der Waals surface area contributed by atoms with E-state index in [2.05, 4.69) is 0 Å². The third kappa shape index (κ3) is 6.81. The van der Waals surface area contributed by atoms with Crippen LogP contribution >= 0.6 is 15.6 Å². The van der Waals surface area contributed by atoms with Crippen LogP contribution in [0.1, 0.15) is 47.1 Å². The average Bonchev–Trinajstić information content (AvgIpc) is 2.54. The second-order valence-electron chi connectivity index (χ2n) is 8.05. The van der Waals surface area contributed by atoms with E-state index in [1.54, 1.807) is 0 Å². The smallest absolute Gasteiger partial charge is 0.0675 e. The molecule has 0 saturated carbocycles. The van der Waals surface area contributed by atoms with Crippen LogP contribution in [-0.4, -0.2) is 10.3 Å². The molecule has 25 heavy (non-hydrogen) atoms. The summed E-state index contributed by atoms with van der Waals surface area (Å²) >= 11 is 0. The molecule has 2 unspecified atom stereocenters. The highest BCUT2D eigenvalue weighted by Gasteiger charge is 2.37. The summed E-state index contributed by atoms with van der Waals surface area (Å²) in [5.74, 6) is 0. The summed E-state index contributed by atoms with van der Waals surface area (Å²) in [6.07, 6.45) is 0. The topological polar surface area (TPSA) is 34.1 Å². The summed E-state index contributed by atoms with van der Waals surface area (Å²) in [4.78, 5) is 0. The molecule has 0 heterocycles. The van der Waals surface area contributed by atoms with Crippen molar-refractivity contribution in [3.8, 4) is 0 Å². The van der Waals surface area contributed by atoms with Gasteiger partial charge in [-0.2, -0.15) is 0 Å². The monoisotopic (exact) mass is 376 g/mol. The Labute approximate surface area is 154 Å². The third-order valence-corrected chi connectivity index (χ3v) is 7.69. The number of benzene rings is 2.